The van der Waals surface area contributed by atoms with Gasteiger partial charge in [0.2, 0.25) is 0 Å². The summed E-state index contributed by atoms with van der Waals surface area (Å²) in [6.45, 7) is 11.7. The summed E-state index contributed by atoms with van der Waals surface area (Å²) < 4.78 is 6.61. The first-order chi connectivity index (χ1) is 9.76. The first-order valence-electron chi connectivity index (χ1n) is 8.23. The number of phenols is 1. The molecule has 0 saturated carbocycles. The summed E-state index contributed by atoms with van der Waals surface area (Å²) in [4.78, 5) is 0. The van der Waals surface area contributed by atoms with E-state index in [0.29, 0.717) is 5.75 Å². The lowest BCUT2D eigenvalue weighted by Gasteiger charge is -2.34. The van der Waals surface area contributed by atoms with Gasteiger partial charge in [0.15, 0.2) is 16.6 Å². The van der Waals surface area contributed by atoms with E-state index in [-0.39, 0.29) is 0 Å². The number of hydrogen-bond acceptors (Lipinski definition) is 2. The predicted octanol–water partition coefficient (Wildman–Crippen LogP) is 5.55. The van der Waals surface area contributed by atoms with Gasteiger partial charge in [-0.15, -0.1) is 0 Å². The summed E-state index contributed by atoms with van der Waals surface area (Å²) in [5.41, 5.74) is 1.06. The number of benzene rings is 1. The van der Waals surface area contributed by atoms with Gasteiger partial charge in [0, 0.05) is 0 Å². The van der Waals surface area contributed by atoms with E-state index < -0.39 is 16.6 Å². The quantitative estimate of drug-likeness (QED) is 0.603. The van der Waals surface area contributed by atoms with Crippen LogP contribution in [0.25, 0.3) is 0 Å². The average Bonchev–Trinajstić information content (AvgIpc) is 2.37. The molecule has 0 aliphatic carbocycles. The van der Waals surface area contributed by atoms with Gasteiger partial charge in [0.05, 0.1) is 0 Å². The van der Waals surface area contributed by atoms with Crippen molar-refractivity contribution in [1.29, 1.82) is 0 Å². The van der Waals surface area contributed by atoms with Gasteiger partial charge in [-0.05, 0) is 62.7 Å². The smallest absolute Gasteiger partial charge is 0.173 e. The molecule has 1 rings (SSSR count). The number of phenolic OH excluding ortho intramolecular Hbond substituents is 1. The van der Waals surface area contributed by atoms with E-state index in [1.807, 2.05) is 18.2 Å². The van der Waals surface area contributed by atoms with Crippen LogP contribution in [0.1, 0.15) is 31.7 Å². The van der Waals surface area contributed by atoms with Crippen molar-refractivity contribution in [3.05, 3.63) is 29.8 Å². The maximum absolute atomic E-state index is 9.81. The molecule has 21 heavy (non-hydrogen) atoms. The molecule has 4 heteroatoms. The van der Waals surface area contributed by atoms with E-state index in [1.54, 1.807) is 6.07 Å². The summed E-state index contributed by atoms with van der Waals surface area (Å²) in [6.07, 6.45) is 4.61. The fourth-order valence-electron chi connectivity index (χ4n) is 2.88. The second-order valence-corrected chi connectivity index (χ2v) is 16.1. The second kappa shape index (κ2) is 8.15. The SMILES string of the molecule is CCCC[Si](C)(C)O[Si](C)(C)CCCc1ccccc1O. The number of aryl methyl sites for hydroxylation is 1. The van der Waals surface area contributed by atoms with Crippen LogP contribution < -0.4 is 0 Å². The number of hydrogen-bond donors (Lipinski definition) is 1. The van der Waals surface area contributed by atoms with Crippen molar-refractivity contribution in [2.45, 2.75) is 70.9 Å². The Bertz CT molecular complexity index is 431. The number of rotatable bonds is 9. The summed E-state index contributed by atoms with van der Waals surface area (Å²) in [5, 5.41) is 9.81. The minimum Gasteiger partial charge on any atom is -0.508 e. The first-order valence-corrected chi connectivity index (χ1v) is 14.5. The Morgan fingerprint density at radius 2 is 1.52 bits per heavy atom. The minimum absolute atomic E-state index is 0.426. The van der Waals surface area contributed by atoms with Crippen molar-refractivity contribution < 1.29 is 9.22 Å². The third-order valence-electron chi connectivity index (χ3n) is 3.90. The van der Waals surface area contributed by atoms with Crippen LogP contribution in [-0.4, -0.2) is 21.7 Å². The molecule has 120 valence electrons. The van der Waals surface area contributed by atoms with Gasteiger partial charge in [-0.2, -0.15) is 0 Å². The third kappa shape index (κ3) is 7.29. The Kier molecular flexibility index (Phi) is 7.17. The molecule has 0 radical (unpaired) electrons. The maximum Gasteiger partial charge on any atom is 0.173 e. The Balaban J connectivity index is 2.44. The van der Waals surface area contributed by atoms with E-state index in [1.165, 1.54) is 24.9 Å². The van der Waals surface area contributed by atoms with Crippen molar-refractivity contribution in [2.75, 3.05) is 0 Å². The Labute approximate surface area is 132 Å². The molecular formula is C17H32O2Si2. The highest BCUT2D eigenvalue weighted by Gasteiger charge is 2.32. The fraction of sp³-hybridized carbons (Fsp3) is 0.647. The lowest BCUT2D eigenvalue weighted by molar-refractivity contribution is 0.467. The highest BCUT2D eigenvalue weighted by molar-refractivity contribution is 6.84. The first kappa shape index (κ1) is 18.5. The summed E-state index contributed by atoms with van der Waals surface area (Å²) in [5.74, 6) is 0.426. The van der Waals surface area contributed by atoms with E-state index in [0.717, 1.165) is 18.4 Å². The van der Waals surface area contributed by atoms with Gasteiger partial charge in [-0.1, -0.05) is 38.0 Å². The van der Waals surface area contributed by atoms with Crippen LogP contribution in [0.2, 0.25) is 38.3 Å². The van der Waals surface area contributed by atoms with E-state index in [9.17, 15) is 5.11 Å². The van der Waals surface area contributed by atoms with Crippen molar-refractivity contribution in [2.24, 2.45) is 0 Å². The lowest BCUT2D eigenvalue weighted by Crippen LogP contribution is -2.44. The highest BCUT2D eigenvalue weighted by Crippen LogP contribution is 2.26. The number of aromatic hydroxyl groups is 1. The number of para-hydroxylation sites is 1. The topological polar surface area (TPSA) is 29.5 Å². The molecular weight excluding hydrogens is 292 g/mol. The van der Waals surface area contributed by atoms with Gasteiger partial charge in [-0.3, -0.25) is 0 Å². The van der Waals surface area contributed by atoms with Crippen LogP contribution >= 0.6 is 0 Å². The summed E-state index contributed by atoms with van der Waals surface area (Å²) in [6, 6.07) is 10.1. The van der Waals surface area contributed by atoms with Crippen LogP contribution in [0, 0.1) is 0 Å². The molecule has 0 aliphatic heterocycles. The molecule has 0 atom stereocenters. The van der Waals surface area contributed by atoms with Crippen LogP contribution in [-0.2, 0) is 10.5 Å². The molecule has 1 aromatic carbocycles. The molecule has 0 aliphatic rings. The predicted molar refractivity (Wildman–Crippen MR) is 97.0 cm³/mol. The molecule has 0 spiro atoms. The molecule has 0 saturated heterocycles. The molecule has 1 aromatic rings. The summed E-state index contributed by atoms with van der Waals surface area (Å²) >= 11 is 0. The zero-order valence-corrected chi connectivity index (χ0v) is 16.4. The van der Waals surface area contributed by atoms with Crippen LogP contribution in [0.3, 0.4) is 0 Å². The maximum atomic E-state index is 9.81. The van der Waals surface area contributed by atoms with Crippen LogP contribution in [0.4, 0.5) is 0 Å². The van der Waals surface area contributed by atoms with E-state index in [2.05, 4.69) is 33.1 Å². The molecule has 0 aromatic heterocycles. The molecule has 0 heterocycles. The van der Waals surface area contributed by atoms with Crippen LogP contribution in [0.5, 0.6) is 5.75 Å². The molecule has 2 nitrogen and oxygen atoms in total. The normalized spacial score (nSPS) is 12.6. The van der Waals surface area contributed by atoms with Gasteiger partial charge in [0.1, 0.15) is 5.75 Å². The molecule has 0 unspecified atom stereocenters. The van der Waals surface area contributed by atoms with Crippen LogP contribution in [0.15, 0.2) is 24.3 Å². The highest BCUT2D eigenvalue weighted by atomic mass is 28.4. The van der Waals surface area contributed by atoms with Gasteiger partial charge >= 0.3 is 0 Å². The zero-order chi connectivity index (χ0) is 15.9. The average molecular weight is 325 g/mol. The molecule has 0 fully saturated rings. The minimum atomic E-state index is -1.58. The fourth-order valence-corrected chi connectivity index (χ4v) is 11.9. The van der Waals surface area contributed by atoms with Crippen molar-refractivity contribution in [3.8, 4) is 5.75 Å². The monoisotopic (exact) mass is 324 g/mol. The third-order valence-corrected chi connectivity index (χ3v) is 11.4. The Morgan fingerprint density at radius 3 is 2.10 bits per heavy atom. The second-order valence-electron chi connectivity index (χ2n) is 7.21. The van der Waals surface area contributed by atoms with Crippen molar-refractivity contribution in [3.63, 3.8) is 0 Å². The van der Waals surface area contributed by atoms with Crippen molar-refractivity contribution in [1.82, 2.24) is 0 Å². The zero-order valence-electron chi connectivity index (χ0n) is 14.4. The lowest BCUT2D eigenvalue weighted by atomic mass is 10.1. The van der Waals surface area contributed by atoms with Crippen molar-refractivity contribution >= 4 is 16.6 Å². The standard InChI is InChI=1S/C17H32O2Si2/c1-6-7-14-20(2,3)19-21(4,5)15-10-12-16-11-8-9-13-17(16)18/h8-9,11,13,18H,6-7,10,12,14-15H2,1-5H3. The molecule has 1 N–H and O–H groups in total. The van der Waals surface area contributed by atoms with Gasteiger partial charge in [0.25, 0.3) is 0 Å². The van der Waals surface area contributed by atoms with Gasteiger partial charge in [-0.25, -0.2) is 0 Å². The Hall–Kier alpha value is -0.586. The van der Waals surface area contributed by atoms with Gasteiger partial charge < -0.3 is 9.22 Å². The van der Waals surface area contributed by atoms with E-state index >= 15 is 0 Å². The Morgan fingerprint density at radius 1 is 0.952 bits per heavy atom. The number of unbranched alkanes of at least 4 members (excludes halogenated alkanes) is 1. The molecule has 0 amide bonds. The molecule has 0 bridgehead atoms. The van der Waals surface area contributed by atoms with E-state index in [4.69, 9.17) is 4.12 Å². The summed E-state index contributed by atoms with van der Waals surface area (Å²) in [7, 11) is -3.07. The largest absolute Gasteiger partial charge is 0.508 e.